The number of aryl methyl sites for hydroxylation is 1. The van der Waals surface area contributed by atoms with Crippen molar-refractivity contribution in [1.29, 1.82) is 0 Å². The Morgan fingerprint density at radius 2 is 1.73 bits per heavy atom. The molecule has 0 saturated carbocycles. The van der Waals surface area contributed by atoms with Gasteiger partial charge < -0.3 is 5.32 Å². The number of urea groups is 1. The van der Waals surface area contributed by atoms with Gasteiger partial charge in [-0.15, -0.1) is 0 Å². The normalized spacial score (nSPS) is 22.0. The molecule has 1 aliphatic carbocycles. The largest absolute Gasteiger partial charge is 0.325 e. The fourth-order valence-electron chi connectivity index (χ4n) is 4.03. The van der Waals surface area contributed by atoms with E-state index in [9.17, 15) is 9.59 Å². The number of rotatable bonds is 2. The predicted octanol–water partition coefficient (Wildman–Crippen LogP) is 3.88. The summed E-state index contributed by atoms with van der Waals surface area (Å²) in [4.78, 5) is 27.1. The number of hydrogen-bond donors (Lipinski definition) is 1. The Kier molecular flexibility index (Phi) is 3.69. The third kappa shape index (κ3) is 2.52. The van der Waals surface area contributed by atoms with E-state index < -0.39 is 5.54 Å². The fraction of sp³-hybridized carbons (Fsp3) is 0.364. The molecular weight excluding hydrogens is 324 g/mol. The van der Waals surface area contributed by atoms with E-state index in [1.54, 1.807) is 0 Å². The van der Waals surface area contributed by atoms with E-state index >= 15 is 0 Å². The average molecular weight is 348 g/mol. The molecule has 1 saturated heterocycles. The van der Waals surface area contributed by atoms with E-state index in [2.05, 4.69) is 38.2 Å². The number of fused-ring (bicyclic) bond motifs is 2. The number of hydrogen-bond acceptors (Lipinski definition) is 2. The summed E-state index contributed by atoms with van der Waals surface area (Å²) < 4.78 is 0. The van der Waals surface area contributed by atoms with E-state index in [4.69, 9.17) is 0 Å². The standard InChI is InChI=1S/C22H24N2O2/c1-21(2,3)17-10-8-15(9-11-17)14-24-19(25)22(23-20(24)26)13-12-16-6-4-5-7-18(16)22/h4-11H,12-14H2,1-3H3,(H,23,26)/t22-/m1/s1. The molecule has 0 radical (unpaired) electrons. The molecule has 1 aliphatic heterocycles. The minimum atomic E-state index is -0.876. The summed E-state index contributed by atoms with van der Waals surface area (Å²) in [7, 11) is 0. The molecule has 1 heterocycles. The van der Waals surface area contributed by atoms with Crippen LogP contribution in [0.15, 0.2) is 48.5 Å². The van der Waals surface area contributed by atoms with Crippen molar-refractivity contribution in [3.05, 3.63) is 70.8 Å². The van der Waals surface area contributed by atoms with Crippen LogP contribution in [0.25, 0.3) is 0 Å². The molecule has 0 aromatic heterocycles. The molecule has 4 rings (SSSR count). The molecular formula is C22H24N2O2. The van der Waals surface area contributed by atoms with Crippen LogP contribution in [0.3, 0.4) is 0 Å². The number of nitrogens with one attached hydrogen (secondary N) is 1. The summed E-state index contributed by atoms with van der Waals surface area (Å²) in [6.07, 6.45) is 1.45. The van der Waals surface area contributed by atoms with Crippen LogP contribution < -0.4 is 5.32 Å². The number of nitrogens with zero attached hydrogens (tertiary/aromatic N) is 1. The Balaban J connectivity index is 1.60. The van der Waals surface area contributed by atoms with Gasteiger partial charge in [0.15, 0.2) is 0 Å². The van der Waals surface area contributed by atoms with Gasteiger partial charge in [-0.3, -0.25) is 9.69 Å². The Hall–Kier alpha value is -2.62. The van der Waals surface area contributed by atoms with Crippen molar-refractivity contribution in [2.75, 3.05) is 0 Å². The summed E-state index contributed by atoms with van der Waals surface area (Å²) in [5, 5.41) is 2.98. The molecule has 0 bridgehead atoms. The number of imide groups is 1. The first kappa shape index (κ1) is 16.8. The highest BCUT2D eigenvalue weighted by atomic mass is 16.2. The van der Waals surface area contributed by atoms with Gasteiger partial charge in [0.2, 0.25) is 0 Å². The topological polar surface area (TPSA) is 49.4 Å². The van der Waals surface area contributed by atoms with E-state index in [0.29, 0.717) is 13.0 Å². The van der Waals surface area contributed by atoms with Gasteiger partial charge in [-0.1, -0.05) is 69.3 Å². The summed E-state index contributed by atoms with van der Waals surface area (Å²) in [5.41, 5.74) is 3.50. The lowest BCUT2D eigenvalue weighted by atomic mass is 9.86. The first-order chi connectivity index (χ1) is 12.3. The SMILES string of the molecule is CC(C)(C)c1ccc(CN2C(=O)N[C@@]3(CCc4ccccc43)C2=O)cc1. The maximum absolute atomic E-state index is 13.2. The molecule has 2 aromatic rings. The van der Waals surface area contributed by atoms with Gasteiger partial charge in [-0.2, -0.15) is 0 Å². The Labute approximate surface area is 154 Å². The Bertz CT molecular complexity index is 880. The quantitative estimate of drug-likeness (QED) is 0.838. The summed E-state index contributed by atoms with van der Waals surface area (Å²) in [5.74, 6) is -0.132. The van der Waals surface area contributed by atoms with Gasteiger partial charge in [0.05, 0.1) is 6.54 Å². The van der Waals surface area contributed by atoms with Crippen LogP contribution in [-0.2, 0) is 28.7 Å². The number of carbonyl (C=O) groups excluding carboxylic acids is 2. The van der Waals surface area contributed by atoms with Crippen molar-refractivity contribution >= 4 is 11.9 Å². The van der Waals surface area contributed by atoms with E-state index in [1.165, 1.54) is 10.5 Å². The van der Waals surface area contributed by atoms with Crippen molar-refractivity contribution in [3.63, 3.8) is 0 Å². The minimum Gasteiger partial charge on any atom is -0.319 e. The van der Waals surface area contributed by atoms with Crippen LogP contribution in [0.4, 0.5) is 4.79 Å². The molecule has 3 amide bonds. The second-order valence-corrected chi connectivity index (χ2v) is 8.33. The van der Waals surface area contributed by atoms with Crippen LogP contribution >= 0.6 is 0 Å². The van der Waals surface area contributed by atoms with Crippen LogP contribution in [-0.4, -0.2) is 16.8 Å². The highest BCUT2D eigenvalue weighted by Crippen LogP contribution is 2.41. The number of benzene rings is 2. The highest BCUT2D eigenvalue weighted by molar-refractivity contribution is 6.08. The fourth-order valence-corrected chi connectivity index (χ4v) is 4.03. The highest BCUT2D eigenvalue weighted by Gasteiger charge is 2.55. The van der Waals surface area contributed by atoms with Crippen LogP contribution in [0.2, 0.25) is 0 Å². The van der Waals surface area contributed by atoms with Crippen LogP contribution in [0, 0.1) is 0 Å². The first-order valence-electron chi connectivity index (χ1n) is 9.13. The van der Waals surface area contributed by atoms with Gasteiger partial charge in [0.25, 0.3) is 5.91 Å². The molecule has 1 atom stereocenters. The molecule has 2 aliphatic rings. The average Bonchev–Trinajstić information content (AvgIpc) is 3.09. The minimum absolute atomic E-state index is 0.0803. The third-order valence-electron chi connectivity index (χ3n) is 5.58. The van der Waals surface area contributed by atoms with Gasteiger partial charge >= 0.3 is 6.03 Å². The summed E-state index contributed by atoms with van der Waals surface area (Å²) in [6.45, 7) is 6.81. The maximum Gasteiger partial charge on any atom is 0.325 e. The lowest BCUT2D eigenvalue weighted by Crippen LogP contribution is -2.41. The van der Waals surface area contributed by atoms with Crippen molar-refractivity contribution < 1.29 is 9.59 Å². The molecule has 0 unspecified atom stereocenters. The van der Waals surface area contributed by atoms with Crippen molar-refractivity contribution in [2.45, 2.75) is 51.1 Å². The molecule has 4 nitrogen and oxygen atoms in total. The zero-order valence-electron chi connectivity index (χ0n) is 15.5. The molecule has 2 aromatic carbocycles. The van der Waals surface area contributed by atoms with E-state index in [1.807, 2.05) is 36.4 Å². The second kappa shape index (κ2) is 5.70. The molecule has 1 N–H and O–H groups in total. The lowest BCUT2D eigenvalue weighted by Gasteiger charge is -2.22. The molecule has 1 spiro atoms. The number of amides is 3. The smallest absolute Gasteiger partial charge is 0.319 e. The maximum atomic E-state index is 13.2. The van der Waals surface area contributed by atoms with Crippen LogP contribution in [0.1, 0.15) is 49.4 Å². The van der Waals surface area contributed by atoms with E-state index in [0.717, 1.165) is 23.1 Å². The predicted molar refractivity (Wildman–Crippen MR) is 101 cm³/mol. The Morgan fingerprint density at radius 1 is 1.04 bits per heavy atom. The van der Waals surface area contributed by atoms with Crippen molar-refractivity contribution in [1.82, 2.24) is 10.2 Å². The molecule has 134 valence electrons. The zero-order chi connectivity index (χ0) is 18.5. The summed E-state index contributed by atoms with van der Waals surface area (Å²) in [6, 6.07) is 15.8. The van der Waals surface area contributed by atoms with Gasteiger partial charge in [-0.25, -0.2) is 4.79 Å². The van der Waals surface area contributed by atoms with Crippen LogP contribution in [0.5, 0.6) is 0 Å². The first-order valence-corrected chi connectivity index (χ1v) is 9.13. The van der Waals surface area contributed by atoms with Crippen molar-refractivity contribution in [3.8, 4) is 0 Å². The zero-order valence-corrected chi connectivity index (χ0v) is 15.5. The molecule has 1 fully saturated rings. The lowest BCUT2D eigenvalue weighted by molar-refractivity contribution is -0.132. The monoisotopic (exact) mass is 348 g/mol. The van der Waals surface area contributed by atoms with Gasteiger partial charge in [-0.05, 0) is 40.5 Å². The molecule has 26 heavy (non-hydrogen) atoms. The van der Waals surface area contributed by atoms with Crippen molar-refractivity contribution in [2.24, 2.45) is 0 Å². The Morgan fingerprint density at radius 3 is 2.42 bits per heavy atom. The third-order valence-corrected chi connectivity index (χ3v) is 5.58. The number of carbonyl (C=O) groups is 2. The van der Waals surface area contributed by atoms with Gasteiger partial charge in [0.1, 0.15) is 5.54 Å². The summed E-state index contributed by atoms with van der Waals surface area (Å²) >= 11 is 0. The second-order valence-electron chi connectivity index (χ2n) is 8.33. The molecule has 4 heteroatoms. The van der Waals surface area contributed by atoms with E-state index in [-0.39, 0.29) is 17.4 Å². The van der Waals surface area contributed by atoms with Gasteiger partial charge in [0, 0.05) is 0 Å².